The van der Waals surface area contributed by atoms with Crippen molar-refractivity contribution in [3.8, 4) is 17.0 Å². The molecule has 0 saturated carbocycles. The zero-order valence-electron chi connectivity index (χ0n) is 10.6. The minimum atomic E-state index is 0.577. The molecule has 4 nitrogen and oxygen atoms in total. The first kappa shape index (κ1) is 12.9. The number of thiazole rings is 1. The molecular formula is C13H17N3OS. The second kappa shape index (κ2) is 5.84. The second-order valence-corrected chi connectivity index (χ2v) is 5.11. The molecule has 2 rings (SSSR count). The Bertz CT molecular complexity index is 510. The first-order valence-corrected chi connectivity index (χ1v) is 6.62. The van der Waals surface area contributed by atoms with E-state index in [9.17, 15) is 0 Å². The Balaban J connectivity index is 2.15. The van der Waals surface area contributed by atoms with Crippen LogP contribution in [0.15, 0.2) is 29.6 Å². The highest BCUT2D eigenvalue weighted by atomic mass is 32.1. The van der Waals surface area contributed by atoms with Crippen LogP contribution in [0.25, 0.3) is 11.3 Å². The predicted molar refractivity (Wildman–Crippen MR) is 76.0 cm³/mol. The van der Waals surface area contributed by atoms with Gasteiger partial charge < -0.3 is 15.4 Å². The summed E-state index contributed by atoms with van der Waals surface area (Å²) in [5.74, 6) is 0.852. The summed E-state index contributed by atoms with van der Waals surface area (Å²) in [5.41, 5.74) is 7.53. The van der Waals surface area contributed by atoms with Gasteiger partial charge in [0.15, 0.2) is 5.13 Å². The molecule has 0 aliphatic heterocycles. The van der Waals surface area contributed by atoms with Crippen LogP contribution >= 0.6 is 11.3 Å². The maximum atomic E-state index is 5.79. The van der Waals surface area contributed by atoms with E-state index >= 15 is 0 Å². The van der Waals surface area contributed by atoms with Gasteiger partial charge in [0, 0.05) is 17.5 Å². The monoisotopic (exact) mass is 263 g/mol. The summed E-state index contributed by atoms with van der Waals surface area (Å²) in [6.07, 6.45) is 0. The average molecular weight is 263 g/mol. The molecule has 2 N–H and O–H groups in total. The summed E-state index contributed by atoms with van der Waals surface area (Å²) in [7, 11) is 4.05. The zero-order valence-corrected chi connectivity index (χ0v) is 11.4. The normalized spacial score (nSPS) is 10.8. The molecule has 0 fully saturated rings. The molecule has 1 aromatic heterocycles. The Hall–Kier alpha value is -1.59. The van der Waals surface area contributed by atoms with E-state index in [4.69, 9.17) is 10.5 Å². The van der Waals surface area contributed by atoms with E-state index in [0.29, 0.717) is 11.7 Å². The Morgan fingerprint density at radius 3 is 2.78 bits per heavy atom. The molecule has 0 aliphatic carbocycles. The van der Waals surface area contributed by atoms with Gasteiger partial charge in [0.1, 0.15) is 12.4 Å². The fourth-order valence-electron chi connectivity index (χ4n) is 1.55. The van der Waals surface area contributed by atoms with E-state index in [1.54, 1.807) is 0 Å². The molecule has 0 bridgehead atoms. The first-order chi connectivity index (χ1) is 8.66. The van der Waals surface area contributed by atoms with Crippen molar-refractivity contribution in [2.24, 2.45) is 0 Å². The molecule has 18 heavy (non-hydrogen) atoms. The van der Waals surface area contributed by atoms with Gasteiger partial charge in [-0.1, -0.05) is 12.1 Å². The number of aromatic nitrogens is 1. The molecule has 0 aliphatic rings. The number of nitrogens with two attached hydrogens (primary N) is 1. The molecule has 0 radical (unpaired) electrons. The average Bonchev–Trinajstić information content (AvgIpc) is 2.76. The van der Waals surface area contributed by atoms with Crippen molar-refractivity contribution < 1.29 is 4.74 Å². The molecular weight excluding hydrogens is 246 g/mol. The largest absolute Gasteiger partial charge is 0.492 e. The topological polar surface area (TPSA) is 51.4 Å². The third-order valence-corrected chi connectivity index (χ3v) is 3.15. The fraction of sp³-hybridized carbons (Fsp3) is 0.308. The van der Waals surface area contributed by atoms with Gasteiger partial charge in [0.05, 0.1) is 5.69 Å². The Kier molecular flexibility index (Phi) is 4.17. The van der Waals surface area contributed by atoms with Crippen molar-refractivity contribution in [1.29, 1.82) is 0 Å². The Morgan fingerprint density at radius 2 is 2.11 bits per heavy atom. The molecule has 0 atom stereocenters. The highest BCUT2D eigenvalue weighted by Gasteiger charge is 2.08. The molecule has 0 saturated heterocycles. The van der Waals surface area contributed by atoms with Crippen LogP contribution in [0.5, 0.6) is 5.75 Å². The number of benzene rings is 1. The predicted octanol–water partition coefficient (Wildman–Crippen LogP) is 2.33. The smallest absolute Gasteiger partial charge is 0.180 e. The van der Waals surface area contributed by atoms with E-state index < -0.39 is 0 Å². The van der Waals surface area contributed by atoms with Crippen molar-refractivity contribution in [3.63, 3.8) is 0 Å². The van der Waals surface area contributed by atoms with Gasteiger partial charge in [-0.25, -0.2) is 4.98 Å². The number of hydrogen-bond donors (Lipinski definition) is 1. The van der Waals surface area contributed by atoms with Crippen LogP contribution in [0, 0.1) is 0 Å². The summed E-state index contributed by atoms with van der Waals surface area (Å²) in [4.78, 5) is 6.38. The van der Waals surface area contributed by atoms with Crippen LogP contribution in [-0.4, -0.2) is 37.1 Å². The summed E-state index contributed by atoms with van der Waals surface area (Å²) in [6, 6.07) is 7.90. The Morgan fingerprint density at radius 1 is 1.33 bits per heavy atom. The van der Waals surface area contributed by atoms with Crippen LogP contribution < -0.4 is 10.5 Å². The van der Waals surface area contributed by atoms with Crippen LogP contribution in [0.2, 0.25) is 0 Å². The van der Waals surface area contributed by atoms with Crippen molar-refractivity contribution in [1.82, 2.24) is 9.88 Å². The van der Waals surface area contributed by atoms with E-state index in [1.165, 1.54) is 11.3 Å². The first-order valence-electron chi connectivity index (χ1n) is 5.75. The molecule has 0 amide bonds. The van der Waals surface area contributed by atoms with E-state index in [-0.39, 0.29) is 0 Å². The standard InChI is InChI=1S/C13H17N3OS/c1-16(2)7-8-17-12-6-4-3-5-10(12)11-9-18-13(14)15-11/h3-6,9H,7-8H2,1-2H3,(H2,14,15). The molecule has 1 heterocycles. The number of nitrogen functional groups attached to an aromatic ring is 1. The zero-order chi connectivity index (χ0) is 13.0. The number of likely N-dealkylation sites (N-methyl/N-ethyl adjacent to an activating group) is 1. The maximum absolute atomic E-state index is 5.79. The highest BCUT2D eigenvalue weighted by molar-refractivity contribution is 7.13. The van der Waals surface area contributed by atoms with Crippen LogP contribution in [-0.2, 0) is 0 Å². The third-order valence-electron chi connectivity index (χ3n) is 2.48. The van der Waals surface area contributed by atoms with E-state index in [0.717, 1.165) is 23.6 Å². The van der Waals surface area contributed by atoms with Gasteiger partial charge in [-0.3, -0.25) is 0 Å². The molecule has 1 aromatic carbocycles. The second-order valence-electron chi connectivity index (χ2n) is 4.22. The molecule has 2 aromatic rings. The summed E-state index contributed by atoms with van der Waals surface area (Å²) in [6.45, 7) is 1.54. The van der Waals surface area contributed by atoms with Gasteiger partial charge >= 0.3 is 0 Å². The van der Waals surface area contributed by atoms with Crippen molar-refractivity contribution in [2.45, 2.75) is 0 Å². The third kappa shape index (κ3) is 3.21. The highest BCUT2D eigenvalue weighted by Crippen LogP contribution is 2.31. The number of hydrogen-bond acceptors (Lipinski definition) is 5. The lowest BCUT2D eigenvalue weighted by atomic mass is 10.1. The maximum Gasteiger partial charge on any atom is 0.180 e. The number of ether oxygens (including phenoxy) is 1. The SMILES string of the molecule is CN(C)CCOc1ccccc1-c1csc(N)n1. The lowest BCUT2D eigenvalue weighted by Crippen LogP contribution is -2.19. The van der Waals surface area contributed by atoms with Gasteiger partial charge in [0.2, 0.25) is 0 Å². The lowest BCUT2D eigenvalue weighted by molar-refractivity contribution is 0.262. The summed E-state index contributed by atoms with van der Waals surface area (Å²) >= 11 is 1.44. The van der Waals surface area contributed by atoms with Crippen LogP contribution in [0.4, 0.5) is 5.13 Å². The van der Waals surface area contributed by atoms with Gasteiger partial charge in [-0.15, -0.1) is 11.3 Å². The fourth-order valence-corrected chi connectivity index (χ4v) is 2.12. The lowest BCUT2D eigenvalue weighted by Gasteiger charge is -2.13. The number of rotatable bonds is 5. The van der Waals surface area contributed by atoms with Crippen LogP contribution in [0.3, 0.4) is 0 Å². The minimum Gasteiger partial charge on any atom is -0.492 e. The molecule has 96 valence electrons. The number of anilines is 1. The van der Waals surface area contributed by atoms with Gasteiger partial charge in [-0.05, 0) is 26.2 Å². The summed E-state index contributed by atoms with van der Waals surface area (Å²) in [5, 5.41) is 2.52. The Labute approximate surface area is 111 Å². The molecule has 0 unspecified atom stereocenters. The minimum absolute atomic E-state index is 0.577. The van der Waals surface area contributed by atoms with Gasteiger partial charge in [0.25, 0.3) is 0 Å². The molecule has 5 heteroatoms. The van der Waals surface area contributed by atoms with Crippen LogP contribution in [0.1, 0.15) is 0 Å². The van der Waals surface area contributed by atoms with Gasteiger partial charge in [-0.2, -0.15) is 0 Å². The molecule has 0 spiro atoms. The van der Waals surface area contributed by atoms with E-state index in [2.05, 4.69) is 9.88 Å². The number of nitrogens with zero attached hydrogens (tertiary/aromatic N) is 2. The van der Waals surface area contributed by atoms with Crippen molar-refractivity contribution in [2.75, 3.05) is 33.0 Å². The van der Waals surface area contributed by atoms with Crippen molar-refractivity contribution in [3.05, 3.63) is 29.6 Å². The van der Waals surface area contributed by atoms with Crippen molar-refractivity contribution >= 4 is 16.5 Å². The van der Waals surface area contributed by atoms with E-state index in [1.807, 2.05) is 43.7 Å². The summed E-state index contributed by atoms with van der Waals surface area (Å²) < 4.78 is 5.79. The quantitative estimate of drug-likeness (QED) is 0.899. The number of para-hydroxylation sites is 1.